The van der Waals surface area contributed by atoms with Gasteiger partial charge in [-0.3, -0.25) is 4.79 Å². The molecule has 0 amide bonds. The minimum atomic E-state index is -0.632. The lowest BCUT2D eigenvalue weighted by atomic mass is 9.77. The molecule has 0 saturated heterocycles. The van der Waals surface area contributed by atoms with Crippen molar-refractivity contribution in [2.45, 2.75) is 47.0 Å². The van der Waals surface area contributed by atoms with E-state index in [4.69, 9.17) is 0 Å². The summed E-state index contributed by atoms with van der Waals surface area (Å²) in [5, 5.41) is 9.19. The third-order valence-electron chi connectivity index (χ3n) is 4.96. The van der Waals surface area contributed by atoms with Crippen LogP contribution in [-0.2, 0) is 4.79 Å². The fraction of sp³-hybridized carbons (Fsp3) is 0.800. The molecule has 2 unspecified atom stereocenters. The summed E-state index contributed by atoms with van der Waals surface area (Å²) in [5.74, 6) is 0.733. The first-order chi connectivity index (χ1) is 7.85. The van der Waals surface area contributed by atoms with Crippen LogP contribution in [0, 0.1) is 29.1 Å². The summed E-state index contributed by atoms with van der Waals surface area (Å²) < 4.78 is 0. The Morgan fingerprint density at radius 1 is 1.29 bits per heavy atom. The van der Waals surface area contributed by atoms with E-state index in [0.717, 1.165) is 0 Å². The SMILES string of the molecule is CC1CCCC(C)C1=C[C@H]1[C@H](C(=O)O)C1(C)C. The molecule has 0 heterocycles. The summed E-state index contributed by atoms with van der Waals surface area (Å²) in [4.78, 5) is 11.2. The highest BCUT2D eigenvalue weighted by atomic mass is 16.4. The molecule has 2 heteroatoms. The van der Waals surface area contributed by atoms with Gasteiger partial charge in [-0.2, -0.15) is 0 Å². The summed E-state index contributed by atoms with van der Waals surface area (Å²) in [5.41, 5.74) is 1.47. The number of rotatable bonds is 2. The Labute approximate surface area is 104 Å². The van der Waals surface area contributed by atoms with Crippen molar-refractivity contribution >= 4 is 5.97 Å². The summed E-state index contributed by atoms with van der Waals surface area (Å²) in [6.07, 6.45) is 6.14. The number of hydrogen-bond acceptors (Lipinski definition) is 1. The Balaban J connectivity index is 2.17. The Hall–Kier alpha value is -0.790. The molecule has 2 aliphatic carbocycles. The van der Waals surface area contributed by atoms with Crippen LogP contribution in [0.5, 0.6) is 0 Å². The van der Waals surface area contributed by atoms with Crippen molar-refractivity contribution in [1.82, 2.24) is 0 Å². The summed E-state index contributed by atoms with van der Waals surface area (Å²) in [6, 6.07) is 0. The second kappa shape index (κ2) is 4.15. The van der Waals surface area contributed by atoms with E-state index in [1.165, 1.54) is 24.8 Å². The van der Waals surface area contributed by atoms with Crippen LogP contribution < -0.4 is 0 Å². The van der Waals surface area contributed by atoms with Gasteiger partial charge in [0.1, 0.15) is 0 Å². The molecule has 2 nitrogen and oxygen atoms in total. The van der Waals surface area contributed by atoms with Gasteiger partial charge in [0.15, 0.2) is 0 Å². The van der Waals surface area contributed by atoms with Gasteiger partial charge in [0.2, 0.25) is 0 Å². The zero-order chi connectivity index (χ0) is 12.8. The van der Waals surface area contributed by atoms with Gasteiger partial charge in [-0.05, 0) is 36.0 Å². The molecule has 0 spiro atoms. The van der Waals surface area contributed by atoms with Gasteiger partial charge >= 0.3 is 5.97 Å². The van der Waals surface area contributed by atoms with E-state index in [1.807, 2.05) is 0 Å². The highest BCUT2D eigenvalue weighted by Crippen LogP contribution is 2.60. The molecule has 0 aromatic carbocycles. The molecular formula is C15H24O2. The first-order valence-corrected chi connectivity index (χ1v) is 6.80. The van der Waals surface area contributed by atoms with E-state index in [1.54, 1.807) is 0 Å². The molecule has 2 saturated carbocycles. The summed E-state index contributed by atoms with van der Waals surface area (Å²) in [7, 11) is 0. The van der Waals surface area contributed by atoms with Crippen LogP contribution in [0.1, 0.15) is 47.0 Å². The normalized spacial score (nSPS) is 39.9. The number of hydrogen-bond donors (Lipinski definition) is 1. The fourth-order valence-electron chi connectivity index (χ4n) is 3.55. The van der Waals surface area contributed by atoms with Crippen LogP contribution in [0.15, 0.2) is 11.6 Å². The molecule has 96 valence electrons. The zero-order valence-corrected chi connectivity index (χ0v) is 11.4. The zero-order valence-electron chi connectivity index (χ0n) is 11.4. The second-order valence-corrected chi connectivity index (χ2v) is 6.56. The maximum Gasteiger partial charge on any atom is 0.307 e. The van der Waals surface area contributed by atoms with E-state index in [0.29, 0.717) is 11.8 Å². The van der Waals surface area contributed by atoms with Crippen molar-refractivity contribution < 1.29 is 9.90 Å². The lowest BCUT2D eigenvalue weighted by Crippen LogP contribution is -2.15. The molecule has 2 aliphatic rings. The number of carboxylic acid groups (broad SMARTS) is 1. The highest BCUT2D eigenvalue weighted by molar-refractivity contribution is 5.76. The largest absolute Gasteiger partial charge is 0.481 e. The molecule has 0 aromatic rings. The molecule has 17 heavy (non-hydrogen) atoms. The molecule has 0 aromatic heterocycles. The van der Waals surface area contributed by atoms with Crippen molar-refractivity contribution in [2.75, 3.05) is 0 Å². The van der Waals surface area contributed by atoms with Crippen LogP contribution in [-0.4, -0.2) is 11.1 Å². The highest BCUT2D eigenvalue weighted by Gasteiger charge is 2.61. The van der Waals surface area contributed by atoms with Crippen LogP contribution in [0.2, 0.25) is 0 Å². The van der Waals surface area contributed by atoms with Crippen molar-refractivity contribution in [2.24, 2.45) is 29.1 Å². The first kappa shape index (κ1) is 12.7. The average Bonchev–Trinajstić information content (AvgIpc) is 2.74. The Morgan fingerprint density at radius 3 is 2.24 bits per heavy atom. The van der Waals surface area contributed by atoms with Gasteiger partial charge in [-0.25, -0.2) is 0 Å². The first-order valence-electron chi connectivity index (χ1n) is 6.80. The van der Waals surface area contributed by atoms with Crippen LogP contribution >= 0.6 is 0 Å². The number of carbonyl (C=O) groups is 1. The topological polar surface area (TPSA) is 37.3 Å². The quantitative estimate of drug-likeness (QED) is 0.742. The molecule has 0 aliphatic heterocycles. The molecule has 4 atom stereocenters. The van der Waals surface area contributed by atoms with E-state index in [-0.39, 0.29) is 17.3 Å². The van der Waals surface area contributed by atoms with Gasteiger partial charge < -0.3 is 5.11 Å². The summed E-state index contributed by atoms with van der Waals surface area (Å²) >= 11 is 0. The van der Waals surface area contributed by atoms with Crippen molar-refractivity contribution in [3.8, 4) is 0 Å². The summed E-state index contributed by atoms with van der Waals surface area (Å²) in [6.45, 7) is 8.72. The smallest absolute Gasteiger partial charge is 0.307 e. The third-order valence-corrected chi connectivity index (χ3v) is 4.96. The molecule has 0 radical (unpaired) electrons. The lowest BCUT2D eigenvalue weighted by molar-refractivity contribution is -0.139. The maximum atomic E-state index is 11.2. The average molecular weight is 236 g/mol. The Kier molecular flexibility index (Phi) is 3.09. The van der Waals surface area contributed by atoms with Gasteiger partial charge in [0, 0.05) is 0 Å². The van der Waals surface area contributed by atoms with Crippen LogP contribution in [0.4, 0.5) is 0 Å². The second-order valence-electron chi connectivity index (χ2n) is 6.56. The van der Waals surface area contributed by atoms with Crippen molar-refractivity contribution in [1.29, 1.82) is 0 Å². The van der Waals surface area contributed by atoms with Gasteiger partial charge in [-0.1, -0.05) is 45.8 Å². The standard InChI is InChI=1S/C15H24O2/c1-9-6-5-7-10(2)11(9)8-12-13(14(16)17)15(12,3)4/h8-10,12-13H,5-7H2,1-4H3,(H,16,17)/t9?,10?,12-,13+/m0/s1. The minimum absolute atomic E-state index is 0.0459. The van der Waals surface area contributed by atoms with Crippen LogP contribution in [0.3, 0.4) is 0 Å². The van der Waals surface area contributed by atoms with E-state index in [9.17, 15) is 9.90 Å². The molecule has 2 rings (SSSR count). The number of aliphatic carboxylic acids is 1. The Morgan fingerprint density at radius 2 is 1.82 bits per heavy atom. The molecular weight excluding hydrogens is 212 g/mol. The van der Waals surface area contributed by atoms with Gasteiger partial charge in [0.25, 0.3) is 0 Å². The predicted molar refractivity (Wildman–Crippen MR) is 68.7 cm³/mol. The van der Waals surface area contributed by atoms with E-state index >= 15 is 0 Å². The van der Waals surface area contributed by atoms with Crippen LogP contribution in [0.25, 0.3) is 0 Å². The monoisotopic (exact) mass is 236 g/mol. The molecule has 0 bridgehead atoms. The number of carboxylic acids is 1. The van der Waals surface area contributed by atoms with Crippen molar-refractivity contribution in [3.63, 3.8) is 0 Å². The molecule has 2 fully saturated rings. The predicted octanol–water partition coefficient (Wildman–Crippen LogP) is 3.73. The fourth-order valence-corrected chi connectivity index (χ4v) is 3.55. The van der Waals surface area contributed by atoms with E-state index < -0.39 is 5.97 Å². The van der Waals surface area contributed by atoms with Gasteiger partial charge in [0.05, 0.1) is 5.92 Å². The van der Waals surface area contributed by atoms with Gasteiger partial charge in [-0.15, -0.1) is 0 Å². The van der Waals surface area contributed by atoms with Crippen molar-refractivity contribution in [3.05, 3.63) is 11.6 Å². The lowest BCUT2D eigenvalue weighted by Gasteiger charge is -2.28. The van der Waals surface area contributed by atoms with E-state index in [2.05, 4.69) is 33.8 Å². The maximum absolute atomic E-state index is 11.2. The minimum Gasteiger partial charge on any atom is -0.481 e. The Bertz CT molecular complexity index is 342. The molecule has 1 N–H and O–H groups in total. The third kappa shape index (κ3) is 2.14. The number of allylic oxidation sites excluding steroid dienone is 2.